The quantitative estimate of drug-likeness (QED) is 0.647. The molecule has 0 radical (unpaired) electrons. The average molecular weight is 447 g/mol. The number of hydrogen-bond acceptors (Lipinski definition) is 5. The van der Waals surface area contributed by atoms with Crippen LogP contribution < -0.4 is 16.0 Å². The molecule has 0 aromatic heterocycles. The average Bonchev–Trinajstić information content (AvgIpc) is 2.66. The SMILES string of the molecule is Cl.Cl.O=C(CN1CCCCCCC1)Nc1ccc(NC(=O)C2COCCN2)cc1. The zero-order chi connectivity index (χ0) is 18.9. The second-order valence-electron chi connectivity index (χ2n) is 7.24. The highest BCUT2D eigenvalue weighted by Crippen LogP contribution is 2.15. The predicted molar refractivity (Wildman–Crippen MR) is 120 cm³/mol. The van der Waals surface area contributed by atoms with Crippen molar-refractivity contribution in [2.45, 2.75) is 38.1 Å². The fourth-order valence-electron chi connectivity index (χ4n) is 3.47. The topological polar surface area (TPSA) is 82.7 Å². The highest BCUT2D eigenvalue weighted by Gasteiger charge is 2.21. The largest absolute Gasteiger partial charge is 0.378 e. The van der Waals surface area contributed by atoms with Crippen LogP contribution in [-0.4, -0.2) is 62.1 Å². The van der Waals surface area contributed by atoms with Gasteiger partial charge in [-0.15, -0.1) is 24.8 Å². The van der Waals surface area contributed by atoms with Crippen LogP contribution in [0.4, 0.5) is 11.4 Å². The van der Waals surface area contributed by atoms with Crippen molar-refractivity contribution >= 4 is 48.0 Å². The molecule has 2 fully saturated rings. The summed E-state index contributed by atoms with van der Waals surface area (Å²) in [5, 5.41) is 8.94. The summed E-state index contributed by atoms with van der Waals surface area (Å²) in [6.07, 6.45) is 6.17. The van der Waals surface area contributed by atoms with Crippen LogP contribution in [0.3, 0.4) is 0 Å². The third-order valence-electron chi connectivity index (χ3n) is 4.99. The molecule has 3 N–H and O–H groups in total. The third-order valence-corrected chi connectivity index (χ3v) is 4.99. The molecule has 29 heavy (non-hydrogen) atoms. The summed E-state index contributed by atoms with van der Waals surface area (Å²) >= 11 is 0. The molecule has 2 amide bonds. The summed E-state index contributed by atoms with van der Waals surface area (Å²) in [6, 6.07) is 6.90. The summed E-state index contributed by atoms with van der Waals surface area (Å²) in [6.45, 7) is 4.13. The molecule has 1 unspecified atom stereocenters. The standard InChI is InChI=1S/C20H30N4O3.2ClH/c25-19(14-24-11-4-2-1-3-5-12-24)22-16-6-8-17(9-7-16)23-20(26)18-15-27-13-10-21-18;;/h6-9,18,21H,1-5,10-15H2,(H,22,25)(H,23,26);2*1H. The van der Waals surface area contributed by atoms with Crippen molar-refractivity contribution in [3.63, 3.8) is 0 Å². The first-order valence-corrected chi connectivity index (χ1v) is 9.95. The van der Waals surface area contributed by atoms with Gasteiger partial charge in [0.2, 0.25) is 11.8 Å². The number of ether oxygens (including phenoxy) is 1. The van der Waals surface area contributed by atoms with E-state index in [4.69, 9.17) is 4.74 Å². The smallest absolute Gasteiger partial charge is 0.243 e. The van der Waals surface area contributed by atoms with Gasteiger partial charge in [-0.2, -0.15) is 0 Å². The van der Waals surface area contributed by atoms with E-state index >= 15 is 0 Å². The summed E-state index contributed by atoms with van der Waals surface area (Å²) in [5.74, 6) is -0.0977. The Labute approximate surface area is 185 Å². The number of hydrogen-bond donors (Lipinski definition) is 3. The highest BCUT2D eigenvalue weighted by molar-refractivity contribution is 5.96. The van der Waals surface area contributed by atoms with Crippen molar-refractivity contribution in [1.82, 2.24) is 10.2 Å². The number of benzene rings is 1. The van der Waals surface area contributed by atoms with Gasteiger partial charge in [0.05, 0.1) is 19.8 Å². The van der Waals surface area contributed by atoms with Crippen LogP contribution in [0.15, 0.2) is 24.3 Å². The van der Waals surface area contributed by atoms with Crippen molar-refractivity contribution in [2.75, 3.05) is 50.0 Å². The zero-order valence-electron chi connectivity index (χ0n) is 16.7. The van der Waals surface area contributed by atoms with Gasteiger partial charge in [-0.25, -0.2) is 0 Å². The van der Waals surface area contributed by atoms with Gasteiger partial charge in [-0.1, -0.05) is 19.3 Å². The molecule has 1 aromatic rings. The number of amides is 2. The summed E-state index contributed by atoms with van der Waals surface area (Å²) in [5.41, 5.74) is 1.44. The van der Waals surface area contributed by atoms with Gasteiger partial charge in [0.15, 0.2) is 0 Å². The maximum Gasteiger partial charge on any atom is 0.243 e. The zero-order valence-corrected chi connectivity index (χ0v) is 18.3. The number of anilines is 2. The molecule has 9 heteroatoms. The molecule has 0 bridgehead atoms. The molecule has 164 valence electrons. The van der Waals surface area contributed by atoms with Gasteiger partial charge in [0.1, 0.15) is 6.04 Å². The van der Waals surface area contributed by atoms with Crippen LogP contribution in [0.5, 0.6) is 0 Å². The molecule has 0 aliphatic carbocycles. The van der Waals surface area contributed by atoms with Crippen molar-refractivity contribution in [3.05, 3.63) is 24.3 Å². The van der Waals surface area contributed by atoms with E-state index in [1.807, 2.05) is 12.1 Å². The molecular formula is C20H32Cl2N4O3. The minimum atomic E-state index is -0.323. The molecule has 0 saturated carbocycles. The predicted octanol–water partition coefficient (Wildman–Crippen LogP) is 2.66. The summed E-state index contributed by atoms with van der Waals surface area (Å²) in [7, 11) is 0. The summed E-state index contributed by atoms with van der Waals surface area (Å²) < 4.78 is 5.31. The Bertz CT molecular complexity index is 617. The van der Waals surface area contributed by atoms with Gasteiger partial charge < -0.3 is 20.7 Å². The van der Waals surface area contributed by atoms with Crippen molar-refractivity contribution < 1.29 is 14.3 Å². The number of carbonyl (C=O) groups excluding carboxylic acids is 2. The molecular weight excluding hydrogens is 415 g/mol. The Morgan fingerprint density at radius 2 is 1.55 bits per heavy atom. The Morgan fingerprint density at radius 3 is 2.14 bits per heavy atom. The molecule has 7 nitrogen and oxygen atoms in total. The second-order valence-corrected chi connectivity index (χ2v) is 7.24. The number of nitrogens with zero attached hydrogens (tertiary/aromatic N) is 1. The molecule has 2 saturated heterocycles. The van der Waals surface area contributed by atoms with E-state index in [9.17, 15) is 9.59 Å². The van der Waals surface area contributed by atoms with E-state index < -0.39 is 0 Å². The Balaban J connectivity index is 0.00000210. The maximum absolute atomic E-state index is 12.3. The molecule has 2 heterocycles. The molecule has 2 aliphatic rings. The second kappa shape index (κ2) is 13.8. The Morgan fingerprint density at radius 1 is 0.966 bits per heavy atom. The van der Waals surface area contributed by atoms with E-state index in [-0.39, 0.29) is 42.7 Å². The molecule has 1 atom stereocenters. The fourth-order valence-corrected chi connectivity index (χ4v) is 3.47. The van der Waals surface area contributed by atoms with E-state index in [0.717, 1.165) is 18.8 Å². The van der Waals surface area contributed by atoms with Crippen LogP contribution >= 0.6 is 24.8 Å². The van der Waals surface area contributed by atoms with Gasteiger partial charge in [-0.05, 0) is 50.2 Å². The lowest BCUT2D eigenvalue weighted by atomic mass is 10.1. The van der Waals surface area contributed by atoms with E-state index in [1.54, 1.807) is 12.1 Å². The van der Waals surface area contributed by atoms with Crippen molar-refractivity contribution in [2.24, 2.45) is 0 Å². The number of rotatable bonds is 5. The highest BCUT2D eigenvalue weighted by atomic mass is 35.5. The van der Waals surface area contributed by atoms with E-state index in [0.29, 0.717) is 32.0 Å². The maximum atomic E-state index is 12.3. The molecule has 3 rings (SSSR count). The number of carbonyl (C=O) groups is 2. The van der Waals surface area contributed by atoms with E-state index in [1.165, 1.54) is 32.1 Å². The van der Waals surface area contributed by atoms with Crippen LogP contribution in [0, 0.1) is 0 Å². The van der Waals surface area contributed by atoms with E-state index in [2.05, 4.69) is 20.9 Å². The fraction of sp³-hybridized carbons (Fsp3) is 0.600. The number of nitrogens with one attached hydrogen (secondary N) is 3. The van der Waals surface area contributed by atoms with Crippen LogP contribution in [0.2, 0.25) is 0 Å². The van der Waals surface area contributed by atoms with Gasteiger partial charge in [0.25, 0.3) is 0 Å². The monoisotopic (exact) mass is 446 g/mol. The first-order chi connectivity index (χ1) is 13.2. The third kappa shape index (κ3) is 8.88. The Hall–Kier alpha value is -1.38. The summed E-state index contributed by atoms with van der Waals surface area (Å²) in [4.78, 5) is 26.7. The Kier molecular flexibility index (Phi) is 12.2. The van der Waals surface area contributed by atoms with Gasteiger partial charge >= 0.3 is 0 Å². The molecule has 2 aliphatic heterocycles. The van der Waals surface area contributed by atoms with Crippen molar-refractivity contribution in [3.8, 4) is 0 Å². The first kappa shape index (κ1) is 25.7. The van der Waals surface area contributed by atoms with Crippen LogP contribution in [0.1, 0.15) is 32.1 Å². The van der Waals surface area contributed by atoms with Crippen molar-refractivity contribution in [1.29, 1.82) is 0 Å². The molecule has 0 spiro atoms. The lowest BCUT2D eigenvalue weighted by molar-refractivity contribution is -0.121. The first-order valence-electron chi connectivity index (χ1n) is 9.95. The van der Waals surface area contributed by atoms with Gasteiger partial charge in [-0.3, -0.25) is 14.5 Å². The van der Waals surface area contributed by atoms with Gasteiger partial charge in [0, 0.05) is 17.9 Å². The normalized spacial score (nSPS) is 20.2. The lowest BCUT2D eigenvalue weighted by Crippen LogP contribution is -2.48. The number of morpholine rings is 1. The minimum absolute atomic E-state index is 0. The number of halogens is 2. The lowest BCUT2D eigenvalue weighted by Gasteiger charge is -2.24. The number of likely N-dealkylation sites (tertiary alicyclic amines) is 1. The van der Waals surface area contributed by atoms with Crippen LogP contribution in [-0.2, 0) is 14.3 Å². The minimum Gasteiger partial charge on any atom is -0.378 e. The van der Waals surface area contributed by atoms with Crippen LogP contribution in [0.25, 0.3) is 0 Å². The molecule has 1 aromatic carbocycles.